The zero-order valence-electron chi connectivity index (χ0n) is 15.2. The summed E-state index contributed by atoms with van der Waals surface area (Å²) in [6.07, 6.45) is 0. The van der Waals surface area contributed by atoms with E-state index in [2.05, 4.69) is 21.4 Å². The van der Waals surface area contributed by atoms with Crippen molar-refractivity contribution in [1.82, 2.24) is 4.90 Å². The highest BCUT2D eigenvalue weighted by Gasteiger charge is 2.21. The van der Waals surface area contributed by atoms with Crippen molar-refractivity contribution in [3.63, 3.8) is 0 Å². The van der Waals surface area contributed by atoms with Crippen molar-refractivity contribution in [3.8, 4) is 11.5 Å². The molecule has 0 aromatic heterocycles. The first-order valence-corrected chi connectivity index (χ1v) is 10.5. The molecule has 7 nitrogen and oxygen atoms in total. The smallest absolute Gasteiger partial charge is 0.262 e. The molecule has 0 bridgehead atoms. The van der Waals surface area contributed by atoms with Gasteiger partial charge in [-0.1, -0.05) is 6.92 Å². The molecule has 2 heterocycles. The standard InChI is InChI=1S/C19H23N3O4S/c1-2-21-9-11-22(12-10-21)16-5-3-15(4-6-16)20-27(23,24)17-7-8-18-19(13-17)26-14-25-18/h3-8,13,20H,2,9-12,14H2,1H3. The Labute approximate surface area is 159 Å². The number of hydrogen-bond donors (Lipinski definition) is 1. The molecule has 0 atom stereocenters. The number of nitrogens with one attached hydrogen (secondary N) is 1. The monoisotopic (exact) mass is 389 g/mol. The van der Waals surface area contributed by atoms with Crippen molar-refractivity contribution in [2.75, 3.05) is 49.1 Å². The summed E-state index contributed by atoms with van der Waals surface area (Å²) in [6.45, 7) is 7.43. The van der Waals surface area contributed by atoms with Gasteiger partial charge in [0.1, 0.15) is 0 Å². The van der Waals surface area contributed by atoms with Crippen LogP contribution in [-0.2, 0) is 10.0 Å². The average molecular weight is 389 g/mol. The molecule has 0 aliphatic carbocycles. The summed E-state index contributed by atoms with van der Waals surface area (Å²) in [5.74, 6) is 1.00. The Kier molecular flexibility index (Phi) is 4.84. The lowest BCUT2D eigenvalue weighted by molar-refractivity contribution is 0.174. The maximum atomic E-state index is 12.6. The van der Waals surface area contributed by atoms with Gasteiger partial charge in [-0.05, 0) is 42.9 Å². The van der Waals surface area contributed by atoms with Gasteiger partial charge in [0.05, 0.1) is 4.90 Å². The van der Waals surface area contributed by atoms with Crippen molar-refractivity contribution in [3.05, 3.63) is 42.5 Å². The summed E-state index contributed by atoms with van der Waals surface area (Å²) in [5.41, 5.74) is 1.64. The van der Waals surface area contributed by atoms with Crippen LogP contribution in [-0.4, -0.2) is 52.8 Å². The summed E-state index contributed by atoms with van der Waals surface area (Å²) >= 11 is 0. The fourth-order valence-corrected chi connectivity index (χ4v) is 4.39. The molecule has 2 aromatic rings. The topological polar surface area (TPSA) is 71.1 Å². The van der Waals surface area contributed by atoms with E-state index in [0.717, 1.165) is 38.4 Å². The molecule has 144 valence electrons. The molecule has 0 spiro atoms. The number of ether oxygens (including phenoxy) is 2. The number of hydrogen-bond acceptors (Lipinski definition) is 6. The maximum absolute atomic E-state index is 12.6. The Bertz CT molecular complexity index is 907. The average Bonchev–Trinajstić information content (AvgIpc) is 3.16. The molecule has 0 radical (unpaired) electrons. The zero-order valence-corrected chi connectivity index (χ0v) is 16.0. The second kappa shape index (κ2) is 7.28. The van der Waals surface area contributed by atoms with Gasteiger partial charge in [0.25, 0.3) is 10.0 Å². The van der Waals surface area contributed by atoms with E-state index in [4.69, 9.17) is 9.47 Å². The van der Waals surface area contributed by atoms with Crippen LogP contribution >= 0.6 is 0 Å². The highest BCUT2D eigenvalue weighted by atomic mass is 32.2. The largest absolute Gasteiger partial charge is 0.454 e. The van der Waals surface area contributed by atoms with Gasteiger partial charge >= 0.3 is 0 Å². The molecule has 8 heteroatoms. The third-order valence-electron chi connectivity index (χ3n) is 4.96. The number of piperazine rings is 1. The molecule has 0 unspecified atom stereocenters. The van der Waals surface area contributed by atoms with Crippen LogP contribution in [0.15, 0.2) is 47.4 Å². The van der Waals surface area contributed by atoms with Crippen LogP contribution in [0.3, 0.4) is 0 Å². The fourth-order valence-electron chi connectivity index (χ4n) is 3.32. The Morgan fingerprint density at radius 1 is 0.963 bits per heavy atom. The predicted molar refractivity (Wildman–Crippen MR) is 104 cm³/mol. The molecule has 1 fully saturated rings. The first-order valence-electron chi connectivity index (χ1n) is 9.05. The Morgan fingerprint density at radius 2 is 1.67 bits per heavy atom. The number of nitrogens with zero attached hydrogens (tertiary/aromatic N) is 2. The van der Waals surface area contributed by atoms with Crippen LogP contribution in [0.4, 0.5) is 11.4 Å². The lowest BCUT2D eigenvalue weighted by atomic mass is 10.2. The van der Waals surface area contributed by atoms with E-state index in [1.807, 2.05) is 12.1 Å². The van der Waals surface area contributed by atoms with Crippen molar-refractivity contribution in [2.24, 2.45) is 0 Å². The molecule has 0 amide bonds. The third-order valence-corrected chi connectivity index (χ3v) is 6.34. The van der Waals surface area contributed by atoms with Gasteiger partial charge in [-0.3, -0.25) is 4.72 Å². The van der Waals surface area contributed by atoms with Crippen molar-refractivity contribution in [2.45, 2.75) is 11.8 Å². The van der Waals surface area contributed by atoms with Crippen LogP contribution in [0, 0.1) is 0 Å². The fraction of sp³-hybridized carbons (Fsp3) is 0.368. The summed E-state index contributed by atoms with van der Waals surface area (Å²) < 4.78 is 38.4. The van der Waals surface area contributed by atoms with E-state index in [9.17, 15) is 8.42 Å². The third kappa shape index (κ3) is 3.81. The Balaban J connectivity index is 1.45. The summed E-state index contributed by atoms with van der Waals surface area (Å²) in [6, 6.07) is 12.1. The molecule has 0 saturated carbocycles. The zero-order chi connectivity index (χ0) is 18.9. The lowest BCUT2D eigenvalue weighted by Gasteiger charge is -2.35. The summed E-state index contributed by atoms with van der Waals surface area (Å²) in [4.78, 5) is 4.89. The van der Waals surface area contributed by atoms with Gasteiger partial charge in [-0.25, -0.2) is 8.42 Å². The van der Waals surface area contributed by atoms with Crippen LogP contribution in [0.5, 0.6) is 11.5 Å². The number of benzene rings is 2. The predicted octanol–water partition coefficient (Wildman–Crippen LogP) is 2.36. The minimum atomic E-state index is -3.69. The molecule has 2 aliphatic rings. The lowest BCUT2D eigenvalue weighted by Crippen LogP contribution is -2.46. The van der Waals surface area contributed by atoms with Gasteiger partial charge in [0.15, 0.2) is 11.5 Å². The molecule has 2 aromatic carbocycles. The minimum Gasteiger partial charge on any atom is -0.454 e. The van der Waals surface area contributed by atoms with E-state index >= 15 is 0 Å². The first kappa shape index (κ1) is 17.9. The van der Waals surface area contributed by atoms with Crippen molar-refractivity contribution in [1.29, 1.82) is 0 Å². The quantitative estimate of drug-likeness (QED) is 0.847. The van der Waals surface area contributed by atoms with Crippen LogP contribution < -0.4 is 19.1 Å². The number of rotatable bonds is 5. The molecule has 4 rings (SSSR count). The Hall–Kier alpha value is -2.45. The highest BCUT2D eigenvalue weighted by molar-refractivity contribution is 7.92. The first-order chi connectivity index (χ1) is 13.0. The van der Waals surface area contributed by atoms with Crippen LogP contribution in [0.25, 0.3) is 0 Å². The van der Waals surface area contributed by atoms with E-state index in [0.29, 0.717) is 17.2 Å². The van der Waals surface area contributed by atoms with E-state index in [-0.39, 0.29) is 11.7 Å². The summed E-state index contributed by atoms with van der Waals surface area (Å²) in [7, 11) is -3.69. The number of anilines is 2. The van der Waals surface area contributed by atoms with Gasteiger partial charge in [0.2, 0.25) is 6.79 Å². The Morgan fingerprint density at radius 3 is 2.37 bits per heavy atom. The van der Waals surface area contributed by atoms with E-state index in [1.54, 1.807) is 18.2 Å². The van der Waals surface area contributed by atoms with Gasteiger partial charge < -0.3 is 19.3 Å². The SMILES string of the molecule is CCN1CCN(c2ccc(NS(=O)(=O)c3ccc4c(c3)OCO4)cc2)CC1. The second-order valence-corrected chi connectivity index (χ2v) is 8.27. The van der Waals surface area contributed by atoms with Crippen LogP contribution in [0.1, 0.15) is 6.92 Å². The van der Waals surface area contributed by atoms with Crippen molar-refractivity contribution < 1.29 is 17.9 Å². The normalized spacial score (nSPS) is 17.1. The molecule has 1 saturated heterocycles. The van der Waals surface area contributed by atoms with Gasteiger partial charge in [-0.2, -0.15) is 0 Å². The molecular formula is C19H23N3O4S. The molecule has 1 N–H and O–H groups in total. The number of fused-ring (bicyclic) bond motifs is 1. The maximum Gasteiger partial charge on any atom is 0.262 e. The number of sulfonamides is 1. The second-order valence-electron chi connectivity index (χ2n) is 6.59. The van der Waals surface area contributed by atoms with E-state index < -0.39 is 10.0 Å². The van der Waals surface area contributed by atoms with Crippen LogP contribution in [0.2, 0.25) is 0 Å². The molecule has 27 heavy (non-hydrogen) atoms. The highest BCUT2D eigenvalue weighted by Crippen LogP contribution is 2.34. The molecular weight excluding hydrogens is 366 g/mol. The summed E-state index contributed by atoms with van der Waals surface area (Å²) in [5, 5.41) is 0. The molecule has 2 aliphatic heterocycles. The van der Waals surface area contributed by atoms with Crippen molar-refractivity contribution >= 4 is 21.4 Å². The van der Waals surface area contributed by atoms with Gasteiger partial charge in [-0.15, -0.1) is 0 Å². The van der Waals surface area contributed by atoms with E-state index in [1.165, 1.54) is 12.1 Å². The number of likely N-dealkylation sites (N-methyl/N-ethyl adjacent to an activating group) is 1. The van der Waals surface area contributed by atoms with Gasteiger partial charge in [0, 0.05) is 43.6 Å². The minimum absolute atomic E-state index is 0.111.